The van der Waals surface area contributed by atoms with Gasteiger partial charge < -0.3 is 10.4 Å². The number of halogens is 1. The average molecular weight is 309 g/mol. The fourth-order valence-electron chi connectivity index (χ4n) is 2.06. The molecule has 2 N–H and O–H groups in total. The van der Waals surface area contributed by atoms with Gasteiger partial charge in [0, 0.05) is 24.4 Å². The van der Waals surface area contributed by atoms with Crippen LogP contribution in [-0.4, -0.2) is 29.4 Å². The van der Waals surface area contributed by atoms with E-state index in [4.69, 9.17) is 0 Å². The van der Waals surface area contributed by atoms with Gasteiger partial charge in [0.15, 0.2) is 5.78 Å². The Morgan fingerprint density at radius 3 is 2.59 bits per heavy atom. The molecule has 0 aromatic heterocycles. The van der Waals surface area contributed by atoms with E-state index in [1.165, 1.54) is 24.3 Å². The van der Waals surface area contributed by atoms with E-state index in [1.54, 1.807) is 6.92 Å². The van der Waals surface area contributed by atoms with E-state index >= 15 is 0 Å². The van der Waals surface area contributed by atoms with Crippen LogP contribution in [0.15, 0.2) is 24.3 Å². The lowest BCUT2D eigenvalue weighted by Crippen LogP contribution is -2.36. The quantitative estimate of drug-likeness (QED) is 0.725. The third kappa shape index (κ3) is 5.56. The van der Waals surface area contributed by atoms with Gasteiger partial charge in [0.2, 0.25) is 5.91 Å². The maximum absolute atomic E-state index is 13.1. The fourth-order valence-corrected chi connectivity index (χ4v) is 2.06. The summed E-state index contributed by atoms with van der Waals surface area (Å²) in [7, 11) is 0. The number of carbonyl (C=O) groups is 2. The zero-order valence-electron chi connectivity index (χ0n) is 13.3. The Kier molecular flexibility index (Phi) is 7.18. The Morgan fingerprint density at radius 2 is 2.00 bits per heavy atom. The number of hydrogen-bond acceptors (Lipinski definition) is 3. The molecular formula is C17H24FNO3. The SMILES string of the molecule is CCC(C)C(O)CNC(=O)CC(C)C(=O)c1cccc(F)c1. The normalized spacial score (nSPS) is 15.0. The molecule has 0 bridgehead atoms. The van der Waals surface area contributed by atoms with Crippen LogP contribution in [0.5, 0.6) is 0 Å². The lowest BCUT2D eigenvalue weighted by atomic mass is 9.96. The van der Waals surface area contributed by atoms with Crippen molar-refractivity contribution in [3.63, 3.8) is 0 Å². The van der Waals surface area contributed by atoms with E-state index in [-0.39, 0.29) is 36.1 Å². The number of Topliss-reactive ketones (excluding diaryl/α,β-unsaturated/α-hetero) is 1. The number of aliphatic hydroxyl groups excluding tert-OH is 1. The van der Waals surface area contributed by atoms with Gasteiger partial charge in [0.05, 0.1) is 6.10 Å². The standard InChI is InChI=1S/C17H24FNO3/c1-4-11(2)15(20)10-19-16(21)8-12(3)17(22)13-6-5-7-14(18)9-13/h5-7,9,11-12,15,20H,4,8,10H2,1-3H3,(H,19,21). The van der Waals surface area contributed by atoms with Crippen molar-refractivity contribution in [1.82, 2.24) is 5.32 Å². The zero-order chi connectivity index (χ0) is 16.7. The molecule has 0 heterocycles. The minimum atomic E-state index is -0.594. The average Bonchev–Trinajstić information content (AvgIpc) is 2.50. The maximum atomic E-state index is 13.1. The number of amides is 1. The van der Waals surface area contributed by atoms with Gasteiger partial charge in [-0.3, -0.25) is 9.59 Å². The van der Waals surface area contributed by atoms with Gasteiger partial charge in [-0.25, -0.2) is 4.39 Å². The van der Waals surface area contributed by atoms with Crippen LogP contribution in [0.3, 0.4) is 0 Å². The molecule has 0 fully saturated rings. The fraction of sp³-hybridized carbons (Fsp3) is 0.529. The Morgan fingerprint density at radius 1 is 1.32 bits per heavy atom. The van der Waals surface area contributed by atoms with Crippen LogP contribution < -0.4 is 5.32 Å². The first-order valence-electron chi connectivity index (χ1n) is 7.59. The highest BCUT2D eigenvalue weighted by molar-refractivity contribution is 5.99. The third-order valence-corrected chi connectivity index (χ3v) is 3.86. The number of aliphatic hydroxyl groups is 1. The maximum Gasteiger partial charge on any atom is 0.220 e. The summed E-state index contributed by atoms with van der Waals surface area (Å²) in [5, 5.41) is 12.4. The van der Waals surface area contributed by atoms with Crippen LogP contribution in [0.25, 0.3) is 0 Å². The van der Waals surface area contributed by atoms with Gasteiger partial charge in [0.25, 0.3) is 0 Å². The Bertz CT molecular complexity index is 518. The summed E-state index contributed by atoms with van der Waals surface area (Å²) in [5.74, 6) is -1.47. The summed E-state index contributed by atoms with van der Waals surface area (Å²) >= 11 is 0. The Hall–Kier alpha value is -1.75. The van der Waals surface area contributed by atoms with Crippen molar-refractivity contribution in [3.8, 4) is 0 Å². The molecule has 0 aliphatic heterocycles. The molecule has 1 amide bonds. The number of benzene rings is 1. The molecule has 0 radical (unpaired) electrons. The molecular weight excluding hydrogens is 285 g/mol. The lowest BCUT2D eigenvalue weighted by Gasteiger charge is -2.18. The predicted octanol–water partition coefficient (Wildman–Crippen LogP) is 2.56. The molecule has 0 saturated carbocycles. The Labute approximate surface area is 130 Å². The smallest absolute Gasteiger partial charge is 0.220 e. The van der Waals surface area contributed by atoms with Crippen LogP contribution in [0.2, 0.25) is 0 Å². The number of carbonyl (C=O) groups excluding carboxylic acids is 2. The third-order valence-electron chi connectivity index (χ3n) is 3.86. The molecule has 0 aliphatic carbocycles. The largest absolute Gasteiger partial charge is 0.391 e. The molecule has 22 heavy (non-hydrogen) atoms. The summed E-state index contributed by atoms with van der Waals surface area (Å²) in [6.07, 6.45) is 0.247. The monoisotopic (exact) mass is 309 g/mol. The van der Waals surface area contributed by atoms with Gasteiger partial charge in [-0.05, 0) is 18.1 Å². The summed E-state index contributed by atoms with van der Waals surface area (Å²) in [6, 6.07) is 5.44. The first-order chi connectivity index (χ1) is 10.3. The van der Waals surface area contributed by atoms with Crippen LogP contribution in [-0.2, 0) is 4.79 Å². The summed E-state index contributed by atoms with van der Waals surface area (Å²) in [5.41, 5.74) is 0.264. The zero-order valence-corrected chi connectivity index (χ0v) is 13.3. The van der Waals surface area contributed by atoms with Crippen molar-refractivity contribution in [2.45, 2.75) is 39.7 Å². The molecule has 1 aromatic carbocycles. The van der Waals surface area contributed by atoms with Crippen LogP contribution >= 0.6 is 0 Å². The van der Waals surface area contributed by atoms with Crippen molar-refractivity contribution in [2.75, 3.05) is 6.54 Å². The highest BCUT2D eigenvalue weighted by Gasteiger charge is 2.20. The van der Waals surface area contributed by atoms with Crippen molar-refractivity contribution in [3.05, 3.63) is 35.6 Å². The minimum Gasteiger partial charge on any atom is -0.391 e. The van der Waals surface area contributed by atoms with E-state index < -0.39 is 17.8 Å². The lowest BCUT2D eigenvalue weighted by molar-refractivity contribution is -0.122. The highest BCUT2D eigenvalue weighted by atomic mass is 19.1. The van der Waals surface area contributed by atoms with E-state index in [0.717, 1.165) is 6.42 Å². The van der Waals surface area contributed by atoms with E-state index in [0.29, 0.717) is 0 Å². The predicted molar refractivity (Wildman–Crippen MR) is 83.0 cm³/mol. The second kappa shape index (κ2) is 8.63. The van der Waals surface area contributed by atoms with E-state index in [9.17, 15) is 19.1 Å². The second-order valence-corrected chi connectivity index (χ2v) is 5.74. The van der Waals surface area contributed by atoms with Crippen molar-refractivity contribution in [1.29, 1.82) is 0 Å². The first kappa shape index (κ1) is 18.3. The van der Waals surface area contributed by atoms with Crippen LogP contribution in [0.4, 0.5) is 4.39 Å². The number of hydrogen-bond donors (Lipinski definition) is 2. The van der Waals surface area contributed by atoms with Crippen molar-refractivity contribution >= 4 is 11.7 Å². The molecule has 5 heteroatoms. The highest BCUT2D eigenvalue weighted by Crippen LogP contribution is 2.13. The Balaban J connectivity index is 2.48. The number of rotatable bonds is 8. The number of ketones is 1. The van der Waals surface area contributed by atoms with Crippen LogP contribution in [0.1, 0.15) is 44.0 Å². The first-order valence-corrected chi connectivity index (χ1v) is 7.59. The van der Waals surface area contributed by atoms with Gasteiger partial charge in [-0.2, -0.15) is 0 Å². The molecule has 3 unspecified atom stereocenters. The minimum absolute atomic E-state index is 0.0164. The van der Waals surface area contributed by atoms with Gasteiger partial charge in [0.1, 0.15) is 5.82 Å². The van der Waals surface area contributed by atoms with E-state index in [2.05, 4.69) is 5.32 Å². The summed E-state index contributed by atoms with van der Waals surface area (Å²) < 4.78 is 13.1. The molecule has 0 spiro atoms. The van der Waals surface area contributed by atoms with Gasteiger partial charge in [-0.15, -0.1) is 0 Å². The second-order valence-electron chi connectivity index (χ2n) is 5.74. The van der Waals surface area contributed by atoms with Gasteiger partial charge in [-0.1, -0.05) is 39.3 Å². The van der Waals surface area contributed by atoms with Crippen molar-refractivity contribution in [2.24, 2.45) is 11.8 Å². The molecule has 1 rings (SSSR count). The van der Waals surface area contributed by atoms with Gasteiger partial charge >= 0.3 is 0 Å². The molecule has 3 atom stereocenters. The molecule has 4 nitrogen and oxygen atoms in total. The van der Waals surface area contributed by atoms with E-state index in [1.807, 2.05) is 13.8 Å². The summed E-state index contributed by atoms with van der Waals surface area (Å²) in [4.78, 5) is 24.0. The molecule has 0 aliphatic rings. The summed E-state index contributed by atoms with van der Waals surface area (Å²) in [6.45, 7) is 5.69. The molecule has 1 aromatic rings. The van der Waals surface area contributed by atoms with Crippen molar-refractivity contribution < 1.29 is 19.1 Å². The topological polar surface area (TPSA) is 66.4 Å². The molecule has 122 valence electrons. The molecule has 0 saturated heterocycles. The van der Waals surface area contributed by atoms with Crippen LogP contribution in [0, 0.1) is 17.7 Å². The number of nitrogens with one attached hydrogen (secondary N) is 1.